The molecular formula is C14H24N4O3. The molecule has 0 saturated carbocycles. The number of methoxy groups -OCH3 is 1. The van der Waals surface area contributed by atoms with Gasteiger partial charge in [0.2, 0.25) is 5.88 Å². The number of carboxylic acid groups (broad SMARTS) is 1. The van der Waals surface area contributed by atoms with Gasteiger partial charge < -0.3 is 14.7 Å². The van der Waals surface area contributed by atoms with Gasteiger partial charge in [0, 0.05) is 46.3 Å². The van der Waals surface area contributed by atoms with Crippen molar-refractivity contribution < 1.29 is 14.6 Å². The van der Waals surface area contributed by atoms with E-state index in [4.69, 9.17) is 9.84 Å². The summed E-state index contributed by atoms with van der Waals surface area (Å²) in [4.78, 5) is 15.2. The molecule has 0 aliphatic carbocycles. The number of carboxylic acids is 1. The van der Waals surface area contributed by atoms with Gasteiger partial charge in [-0.15, -0.1) is 0 Å². The third-order valence-electron chi connectivity index (χ3n) is 3.97. The maximum Gasteiger partial charge on any atom is 0.304 e. The molecule has 118 valence electrons. The maximum atomic E-state index is 10.6. The summed E-state index contributed by atoms with van der Waals surface area (Å²) in [6.07, 6.45) is 0.218. The fraction of sp³-hybridized carbons (Fsp3) is 0.714. The Kier molecular flexibility index (Phi) is 5.19. The van der Waals surface area contributed by atoms with Crippen molar-refractivity contribution in [2.45, 2.75) is 19.9 Å². The molecule has 0 atom stereocenters. The number of nitrogens with zero attached hydrogens (tertiary/aromatic N) is 4. The number of aliphatic carboxylic acids is 1. The largest absolute Gasteiger partial charge is 0.481 e. The minimum atomic E-state index is -0.729. The number of piperazine rings is 1. The molecule has 1 aliphatic rings. The molecule has 0 bridgehead atoms. The monoisotopic (exact) mass is 296 g/mol. The van der Waals surface area contributed by atoms with Gasteiger partial charge in [-0.2, -0.15) is 5.10 Å². The fourth-order valence-electron chi connectivity index (χ4n) is 2.77. The highest BCUT2D eigenvalue weighted by atomic mass is 16.5. The zero-order valence-corrected chi connectivity index (χ0v) is 13.0. The summed E-state index contributed by atoms with van der Waals surface area (Å²) in [6, 6.07) is 0. The minimum Gasteiger partial charge on any atom is -0.481 e. The van der Waals surface area contributed by atoms with Crippen molar-refractivity contribution in [1.29, 1.82) is 0 Å². The van der Waals surface area contributed by atoms with Crippen molar-refractivity contribution >= 4 is 5.97 Å². The molecule has 0 radical (unpaired) electrons. The summed E-state index contributed by atoms with van der Waals surface area (Å²) in [5.74, 6) is 0.0916. The lowest BCUT2D eigenvalue weighted by molar-refractivity contribution is -0.137. The first kappa shape index (κ1) is 15.8. The summed E-state index contributed by atoms with van der Waals surface area (Å²) in [5.41, 5.74) is 2.14. The van der Waals surface area contributed by atoms with Crippen LogP contribution in [-0.4, -0.2) is 70.5 Å². The van der Waals surface area contributed by atoms with Gasteiger partial charge in [-0.1, -0.05) is 0 Å². The van der Waals surface area contributed by atoms with Gasteiger partial charge >= 0.3 is 5.97 Å². The first-order valence-electron chi connectivity index (χ1n) is 7.24. The molecule has 1 aromatic rings. The topological polar surface area (TPSA) is 70.8 Å². The fourth-order valence-corrected chi connectivity index (χ4v) is 2.77. The average Bonchev–Trinajstić information content (AvgIpc) is 2.72. The molecule has 1 fully saturated rings. The van der Waals surface area contributed by atoms with Crippen LogP contribution in [0.25, 0.3) is 0 Å². The molecule has 7 heteroatoms. The Labute approximate surface area is 125 Å². The quantitative estimate of drug-likeness (QED) is 0.816. The molecule has 21 heavy (non-hydrogen) atoms. The molecule has 2 rings (SSSR count). The Morgan fingerprint density at radius 3 is 2.48 bits per heavy atom. The van der Waals surface area contributed by atoms with Crippen LogP contribution in [0.15, 0.2) is 0 Å². The van der Waals surface area contributed by atoms with Gasteiger partial charge in [0.25, 0.3) is 0 Å². The van der Waals surface area contributed by atoms with E-state index >= 15 is 0 Å². The highest BCUT2D eigenvalue weighted by Crippen LogP contribution is 2.23. The standard InChI is InChI=1S/C14H24N4O3/c1-11-12(14(21-3)16(2)15-11)10-18-8-6-17(7-9-18)5-4-13(19)20/h4-10H2,1-3H3,(H,19,20). The Bertz CT molecular complexity index is 493. The molecule has 7 nitrogen and oxygen atoms in total. The Morgan fingerprint density at radius 1 is 1.29 bits per heavy atom. The Morgan fingerprint density at radius 2 is 1.90 bits per heavy atom. The van der Waals surface area contributed by atoms with Crippen molar-refractivity contribution in [3.8, 4) is 5.88 Å². The highest BCUT2D eigenvalue weighted by molar-refractivity contribution is 5.66. The number of hydrogen-bond donors (Lipinski definition) is 1. The second kappa shape index (κ2) is 6.91. The average molecular weight is 296 g/mol. The second-order valence-electron chi connectivity index (χ2n) is 5.46. The van der Waals surface area contributed by atoms with Crippen LogP contribution in [0.4, 0.5) is 0 Å². The van der Waals surface area contributed by atoms with E-state index in [0.29, 0.717) is 6.54 Å². The van der Waals surface area contributed by atoms with Crippen molar-refractivity contribution in [2.24, 2.45) is 7.05 Å². The van der Waals surface area contributed by atoms with E-state index in [1.807, 2.05) is 14.0 Å². The molecule has 1 aromatic heterocycles. The predicted octanol–water partition coefficient (Wildman–Crippen LogP) is 0.329. The van der Waals surface area contributed by atoms with Gasteiger partial charge in [0.05, 0.1) is 24.8 Å². The van der Waals surface area contributed by atoms with E-state index in [0.717, 1.165) is 49.9 Å². The van der Waals surface area contributed by atoms with Crippen LogP contribution in [0, 0.1) is 6.92 Å². The van der Waals surface area contributed by atoms with Gasteiger partial charge in [-0.25, -0.2) is 4.68 Å². The van der Waals surface area contributed by atoms with Crippen LogP contribution in [0.2, 0.25) is 0 Å². The molecule has 1 saturated heterocycles. The lowest BCUT2D eigenvalue weighted by Crippen LogP contribution is -2.46. The molecule has 0 unspecified atom stereocenters. The summed E-state index contributed by atoms with van der Waals surface area (Å²) in [5, 5.41) is 13.1. The molecular weight excluding hydrogens is 272 g/mol. The van der Waals surface area contributed by atoms with Gasteiger partial charge in [-0.3, -0.25) is 9.69 Å². The second-order valence-corrected chi connectivity index (χ2v) is 5.46. The van der Waals surface area contributed by atoms with Crippen molar-refractivity contribution in [3.63, 3.8) is 0 Å². The first-order chi connectivity index (χ1) is 10.0. The third-order valence-corrected chi connectivity index (χ3v) is 3.97. The van der Waals surface area contributed by atoms with Crippen molar-refractivity contribution in [3.05, 3.63) is 11.3 Å². The van der Waals surface area contributed by atoms with E-state index in [2.05, 4.69) is 14.9 Å². The van der Waals surface area contributed by atoms with Crippen LogP contribution in [0.1, 0.15) is 17.7 Å². The molecule has 0 spiro atoms. The van der Waals surface area contributed by atoms with Gasteiger partial charge in [-0.05, 0) is 6.92 Å². The summed E-state index contributed by atoms with van der Waals surface area (Å²) < 4.78 is 7.19. The predicted molar refractivity (Wildman–Crippen MR) is 78.5 cm³/mol. The third kappa shape index (κ3) is 3.95. The van der Waals surface area contributed by atoms with Crippen molar-refractivity contribution in [2.75, 3.05) is 39.8 Å². The van der Waals surface area contributed by atoms with Crippen LogP contribution < -0.4 is 4.74 Å². The number of rotatable bonds is 6. The van der Waals surface area contributed by atoms with Crippen molar-refractivity contribution in [1.82, 2.24) is 19.6 Å². The van der Waals surface area contributed by atoms with Crippen LogP contribution >= 0.6 is 0 Å². The Hall–Kier alpha value is -1.60. The SMILES string of the molecule is COc1c(CN2CCN(CCC(=O)O)CC2)c(C)nn1C. The minimum absolute atomic E-state index is 0.218. The van der Waals surface area contributed by atoms with E-state index in [1.165, 1.54) is 0 Å². The van der Waals surface area contributed by atoms with Crippen LogP contribution in [0.3, 0.4) is 0 Å². The van der Waals surface area contributed by atoms with E-state index in [-0.39, 0.29) is 6.42 Å². The van der Waals surface area contributed by atoms with Crippen LogP contribution in [-0.2, 0) is 18.4 Å². The molecule has 0 amide bonds. The molecule has 0 aromatic carbocycles. The van der Waals surface area contributed by atoms with E-state index < -0.39 is 5.97 Å². The van der Waals surface area contributed by atoms with E-state index in [9.17, 15) is 4.79 Å². The number of carbonyl (C=O) groups is 1. The lowest BCUT2D eigenvalue weighted by Gasteiger charge is -2.34. The van der Waals surface area contributed by atoms with Gasteiger partial charge in [0.1, 0.15) is 0 Å². The summed E-state index contributed by atoms with van der Waals surface area (Å²) >= 11 is 0. The van der Waals surface area contributed by atoms with Crippen LogP contribution in [0.5, 0.6) is 5.88 Å². The van der Waals surface area contributed by atoms with Gasteiger partial charge in [0.15, 0.2) is 0 Å². The Balaban J connectivity index is 1.88. The number of aryl methyl sites for hydroxylation is 2. The normalized spacial score (nSPS) is 17.1. The number of aromatic nitrogens is 2. The van der Waals surface area contributed by atoms with E-state index in [1.54, 1.807) is 11.8 Å². The molecule has 1 N–H and O–H groups in total. The smallest absolute Gasteiger partial charge is 0.304 e. The maximum absolute atomic E-state index is 10.6. The summed E-state index contributed by atoms with van der Waals surface area (Å²) in [6.45, 7) is 7.17. The number of hydrogen-bond acceptors (Lipinski definition) is 5. The zero-order chi connectivity index (χ0) is 15.4. The zero-order valence-electron chi connectivity index (χ0n) is 13.0. The summed E-state index contributed by atoms with van der Waals surface area (Å²) in [7, 11) is 3.56. The molecule has 1 aliphatic heterocycles. The first-order valence-corrected chi connectivity index (χ1v) is 7.24. The lowest BCUT2D eigenvalue weighted by atomic mass is 10.2. The number of ether oxygens (including phenoxy) is 1. The molecule has 2 heterocycles. The highest BCUT2D eigenvalue weighted by Gasteiger charge is 2.21.